The van der Waals surface area contributed by atoms with Crippen molar-refractivity contribution in [3.8, 4) is 45.3 Å². The molecule has 5 heterocycles. The maximum atomic E-state index is 13.9. The molecule has 2 aliphatic rings. The number of aromatic amines is 2. The van der Waals surface area contributed by atoms with Gasteiger partial charge in [-0.2, -0.15) is 0 Å². The molecular weight excluding hydrogens is 753 g/mol. The summed E-state index contributed by atoms with van der Waals surface area (Å²) >= 11 is 0. The zero-order valence-electron chi connectivity index (χ0n) is 33.2. The monoisotopic (exact) mass is 790 g/mol. The molecular formula is C50H38N4O6. The molecule has 0 atom stereocenters. The molecule has 3 aromatic heterocycles. The van der Waals surface area contributed by atoms with Crippen molar-refractivity contribution in [2.24, 2.45) is 0 Å². The first kappa shape index (κ1) is 37.6. The standard InChI is InChI=1S/C50H38N4O6/c1-29-11-5-7-17-35(29)49(55)59-47-41-23-19-37(51-41)45(31-13-9-15-33(27-31)57-3)39-21-25-43(53-39)48(60-50(56)36-18-8-6-12-30(36)2)44-26-22-40(54-44)46(38-20-24-42(47)52-38)32-14-10-16-34(28-32)58-4/h5-28,51,54H,1-4H3. The first-order valence-electron chi connectivity index (χ1n) is 19.3. The van der Waals surface area contributed by atoms with E-state index in [1.54, 1.807) is 26.4 Å². The number of aryl methyl sites for hydroxylation is 2. The topological polar surface area (TPSA) is 128 Å². The van der Waals surface area contributed by atoms with Gasteiger partial charge >= 0.3 is 11.9 Å². The van der Waals surface area contributed by atoms with Crippen molar-refractivity contribution in [2.45, 2.75) is 13.8 Å². The summed E-state index contributed by atoms with van der Waals surface area (Å²) in [5.41, 5.74) is 9.91. The lowest BCUT2D eigenvalue weighted by atomic mass is 10.0. The maximum absolute atomic E-state index is 13.9. The number of nitrogens with zero attached hydrogens (tertiary/aromatic N) is 2. The molecule has 10 heteroatoms. The molecule has 0 saturated heterocycles. The van der Waals surface area contributed by atoms with Gasteiger partial charge in [-0.15, -0.1) is 0 Å². The van der Waals surface area contributed by atoms with Crippen LogP contribution in [-0.4, -0.2) is 46.1 Å². The lowest BCUT2D eigenvalue weighted by Gasteiger charge is -2.09. The number of benzene rings is 4. The van der Waals surface area contributed by atoms with Gasteiger partial charge in [-0.25, -0.2) is 19.6 Å². The predicted molar refractivity (Wildman–Crippen MR) is 235 cm³/mol. The number of hydrogen-bond acceptors (Lipinski definition) is 8. The summed E-state index contributed by atoms with van der Waals surface area (Å²) in [6.07, 6.45) is 7.43. The van der Waals surface area contributed by atoms with Crippen LogP contribution in [0.1, 0.15) is 54.6 Å². The SMILES string of the molecule is COc1cccc(-c2c3nc(c(OC(=O)c4ccccc4C)c4ccc([nH]4)c(-c4cccc(OC)c4)c4nc(c(OC(=O)c5ccccc5C)c5ccc2[nH]5)C=C4)C=C3)c1. The predicted octanol–water partition coefficient (Wildman–Crippen LogP) is 11.1. The van der Waals surface area contributed by atoms with Gasteiger partial charge in [0.1, 0.15) is 22.9 Å². The third-order valence-corrected chi connectivity index (χ3v) is 10.5. The number of ether oxygens (including phenoxy) is 4. The van der Waals surface area contributed by atoms with Crippen molar-refractivity contribution in [2.75, 3.05) is 14.2 Å². The fourth-order valence-corrected chi connectivity index (χ4v) is 7.43. The number of hydrogen-bond donors (Lipinski definition) is 2. The first-order chi connectivity index (χ1) is 29.3. The van der Waals surface area contributed by atoms with Crippen molar-refractivity contribution in [1.29, 1.82) is 0 Å². The van der Waals surface area contributed by atoms with E-state index in [4.69, 9.17) is 28.9 Å². The number of aromatic nitrogens is 4. The Balaban J connectivity index is 1.39. The van der Waals surface area contributed by atoms with Crippen molar-refractivity contribution < 1.29 is 28.5 Å². The van der Waals surface area contributed by atoms with Gasteiger partial charge in [-0.3, -0.25) is 0 Å². The molecule has 0 unspecified atom stereocenters. The molecule has 294 valence electrons. The van der Waals surface area contributed by atoms with Crippen LogP contribution in [0.15, 0.2) is 121 Å². The average Bonchev–Trinajstić information content (AvgIpc) is 4.12. The molecule has 0 spiro atoms. The normalized spacial score (nSPS) is 11.7. The van der Waals surface area contributed by atoms with Gasteiger partial charge in [0.05, 0.1) is 47.8 Å². The highest BCUT2D eigenvalue weighted by Crippen LogP contribution is 2.39. The van der Waals surface area contributed by atoms with E-state index in [1.807, 2.05) is 147 Å². The van der Waals surface area contributed by atoms with Crippen LogP contribution in [0, 0.1) is 13.8 Å². The van der Waals surface area contributed by atoms with Gasteiger partial charge in [-0.1, -0.05) is 60.7 Å². The van der Waals surface area contributed by atoms with Crippen LogP contribution in [0.5, 0.6) is 23.0 Å². The Bertz CT molecular complexity index is 2890. The molecule has 0 aliphatic carbocycles. The van der Waals surface area contributed by atoms with Crippen LogP contribution in [0.25, 0.3) is 68.6 Å². The van der Waals surface area contributed by atoms with Gasteiger partial charge < -0.3 is 28.9 Å². The van der Waals surface area contributed by atoms with Crippen molar-refractivity contribution in [3.63, 3.8) is 0 Å². The van der Waals surface area contributed by atoms with Crippen molar-refractivity contribution in [1.82, 2.24) is 19.9 Å². The fraction of sp³-hybridized carbons (Fsp3) is 0.0800. The number of carbonyl (C=O) groups is 2. The molecule has 8 bridgehead atoms. The van der Waals surface area contributed by atoms with Crippen LogP contribution < -0.4 is 18.9 Å². The second kappa shape index (κ2) is 15.8. The number of H-pyrrole nitrogens is 2. The lowest BCUT2D eigenvalue weighted by Crippen LogP contribution is -2.11. The van der Waals surface area contributed by atoms with Gasteiger partial charge in [0.2, 0.25) is 0 Å². The lowest BCUT2D eigenvalue weighted by molar-refractivity contribution is 0.0725. The van der Waals surface area contributed by atoms with Gasteiger partial charge in [0, 0.05) is 22.2 Å². The summed E-state index contributed by atoms with van der Waals surface area (Å²) in [5.74, 6) is 0.744. The van der Waals surface area contributed by atoms with Gasteiger partial charge in [-0.05, 0) is 121 Å². The second-order valence-corrected chi connectivity index (χ2v) is 14.3. The summed E-state index contributed by atoms with van der Waals surface area (Å²) in [7, 11) is 3.23. The molecule has 10 nitrogen and oxygen atoms in total. The highest BCUT2D eigenvalue weighted by atomic mass is 16.5. The molecule has 0 amide bonds. The Hall–Kier alpha value is -7.98. The molecule has 2 aliphatic heterocycles. The molecule has 2 N–H and O–H groups in total. The summed E-state index contributed by atoms with van der Waals surface area (Å²) in [6.45, 7) is 3.74. The van der Waals surface area contributed by atoms with Gasteiger partial charge in [0.25, 0.3) is 0 Å². The molecule has 7 aromatic rings. The second-order valence-electron chi connectivity index (χ2n) is 14.3. The Labute approximate surface area is 345 Å². The zero-order chi connectivity index (χ0) is 41.3. The van der Waals surface area contributed by atoms with E-state index in [0.717, 1.165) is 33.4 Å². The van der Waals surface area contributed by atoms with Crippen LogP contribution in [0.3, 0.4) is 0 Å². The van der Waals surface area contributed by atoms with Crippen LogP contribution in [0.4, 0.5) is 0 Å². The number of methoxy groups -OCH3 is 2. The number of fused-ring (bicyclic) bond motifs is 8. The minimum Gasteiger partial charge on any atom is -0.497 e. The zero-order valence-corrected chi connectivity index (χ0v) is 33.2. The Morgan fingerprint density at radius 3 is 1.28 bits per heavy atom. The highest BCUT2D eigenvalue weighted by Gasteiger charge is 2.22. The fourth-order valence-electron chi connectivity index (χ4n) is 7.43. The van der Waals surface area contributed by atoms with E-state index in [-0.39, 0.29) is 11.5 Å². The molecule has 0 saturated carbocycles. The first-order valence-corrected chi connectivity index (χ1v) is 19.3. The van der Waals surface area contributed by atoms with Crippen LogP contribution >= 0.6 is 0 Å². The third kappa shape index (κ3) is 7.11. The number of carbonyl (C=O) groups excluding carboxylic acids is 2. The summed E-state index contributed by atoms with van der Waals surface area (Å²) < 4.78 is 23.9. The van der Waals surface area contributed by atoms with Crippen molar-refractivity contribution in [3.05, 3.63) is 166 Å². The van der Waals surface area contributed by atoms with Gasteiger partial charge in [0.15, 0.2) is 11.5 Å². The molecule has 4 aromatic carbocycles. The van der Waals surface area contributed by atoms with Crippen LogP contribution in [0.2, 0.25) is 0 Å². The Morgan fingerprint density at radius 2 is 0.867 bits per heavy atom. The van der Waals surface area contributed by atoms with E-state index < -0.39 is 11.9 Å². The van der Waals surface area contributed by atoms with E-state index in [9.17, 15) is 9.59 Å². The summed E-state index contributed by atoms with van der Waals surface area (Å²) in [4.78, 5) is 45.2. The minimum absolute atomic E-state index is 0.241. The minimum atomic E-state index is -0.521. The number of nitrogens with one attached hydrogen (secondary N) is 2. The summed E-state index contributed by atoms with van der Waals surface area (Å²) in [5, 5.41) is 0. The molecule has 9 rings (SSSR count). The molecule has 60 heavy (non-hydrogen) atoms. The quantitative estimate of drug-likeness (QED) is 0.146. The van der Waals surface area contributed by atoms with E-state index in [1.165, 1.54) is 0 Å². The molecule has 0 fully saturated rings. The highest BCUT2D eigenvalue weighted by molar-refractivity contribution is 5.99. The third-order valence-electron chi connectivity index (χ3n) is 10.5. The van der Waals surface area contributed by atoms with Crippen molar-refractivity contribution >= 4 is 58.3 Å². The number of rotatable bonds is 8. The smallest absolute Gasteiger partial charge is 0.343 e. The average molecular weight is 791 g/mol. The maximum Gasteiger partial charge on any atom is 0.343 e. The molecule has 0 radical (unpaired) electrons. The van der Waals surface area contributed by atoms with E-state index >= 15 is 0 Å². The Kier molecular flexibility index (Phi) is 9.87. The van der Waals surface area contributed by atoms with E-state index in [0.29, 0.717) is 67.5 Å². The van der Waals surface area contributed by atoms with Crippen LogP contribution in [-0.2, 0) is 0 Å². The largest absolute Gasteiger partial charge is 0.497 e. The Morgan fingerprint density at radius 1 is 0.467 bits per heavy atom. The summed E-state index contributed by atoms with van der Waals surface area (Å²) in [6, 6.07) is 37.5. The van der Waals surface area contributed by atoms with E-state index in [2.05, 4.69) is 9.97 Å². The number of esters is 2.